The van der Waals surface area contributed by atoms with Gasteiger partial charge in [-0.3, -0.25) is 44.0 Å². The van der Waals surface area contributed by atoms with E-state index in [0.29, 0.717) is 6.07 Å². The SMILES string of the molecule is CCOC(C(Nc1ccc([N+](=O)[O-])cc1[N+](=O)[O-])C(OC(C)=O)C(OC(C)=O)C(COC(C)=O)OC(C)=O)n1cnc2c(N)ncnc21. The molecule has 258 valence electrons. The maximum absolute atomic E-state index is 12.7. The van der Waals surface area contributed by atoms with Gasteiger partial charge in [-0.2, -0.15) is 0 Å². The third-order valence-corrected chi connectivity index (χ3v) is 6.43. The lowest BCUT2D eigenvalue weighted by Gasteiger charge is -2.39. The van der Waals surface area contributed by atoms with Crippen molar-refractivity contribution in [1.29, 1.82) is 0 Å². The smallest absolute Gasteiger partial charge is 0.303 e. The Hall–Kier alpha value is -5.99. The Morgan fingerprint density at radius 3 is 2.12 bits per heavy atom. The number of hydrogen-bond acceptors (Lipinski definition) is 18. The van der Waals surface area contributed by atoms with E-state index in [1.807, 2.05) is 0 Å². The molecule has 0 fully saturated rings. The number of nitro groups is 2. The van der Waals surface area contributed by atoms with Crippen molar-refractivity contribution >= 4 is 57.9 Å². The summed E-state index contributed by atoms with van der Waals surface area (Å²) >= 11 is 0. The summed E-state index contributed by atoms with van der Waals surface area (Å²) in [6.45, 7) is 4.94. The molecule has 0 aliphatic rings. The average molecular weight is 677 g/mol. The van der Waals surface area contributed by atoms with Crippen molar-refractivity contribution in [3.63, 3.8) is 0 Å². The maximum Gasteiger partial charge on any atom is 0.303 e. The molecule has 5 atom stereocenters. The Balaban J connectivity index is 2.38. The number of hydrogen-bond donors (Lipinski definition) is 2. The van der Waals surface area contributed by atoms with E-state index in [4.69, 9.17) is 29.4 Å². The number of nitrogens with two attached hydrogens (primary N) is 1. The maximum atomic E-state index is 12.7. The van der Waals surface area contributed by atoms with Gasteiger partial charge in [0.05, 0.1) is 22.2 Å². The van der Waals surface area contributed by atoms with Gasteiger partial charge >= 0.3 is 23.9 Å². The van der Waals surface area contributed by atoms with Gasteiger partial charge in [0.15, 0.2) is 36.0 Å². The van der Waals surface area contributed by atoms with Gasteiger partial charge in [-0.25, -0.2) is 15.0 Å². The highest BCUT2D eigenvalue weighted by molar-refractivity contribution is 5.81. The van der Waals surface area contributed by atoms with Crippen LogP contribution in [0.25, 0.3) is 11.2 Å². The number of esters is 4. The van der Waals surface area contributed by atoms with Crippen LogP contribution < -0.4 is 11.1 Å². The number of nitrogens with one attached hydrogen (secondary N) is 1. The summed E-state index contributed by atoms with van der Waals surface area (Å²) < 4.78 is 29.0. The second-order valence-corrected chi connectivity index (χ2v) is 9.91. The lowest BCUT2D eigenvalue weighted by molar-refractivity contribution is -0.393. The Kier molecular flexibility index (Phi) is 12.2. The number of rotatable bonds is 16. The molecule has 3 N–H and O–H groups in total. The molecule has 21 heteroatoms. The fourth-order valence-corrected chi connectivity index (χ4v) is 4.68. The van der Waals surface area contributed by atoms with Crippen LogP contribution in [0.4, 0.5) is 22.9 Å². The van der Waals surface area contributed by atoms with E-state index in [2.05, 4.69) is 20.3 Å². The molecule has 0 radical (unpaired) electrons. The van der Waals surface area contributed by atoms with Crippen molar-refractivity contribution in [2.45, 2.75) is 65.2 Å². The van der Waals surface area contributed by atoms with Crippen molar-refractivity contribution < 1.29 is 52.7 Å². The van der Waals surface area contributed by atoms with E-state index in [0.717, 1.165) is 46.2 Å². The summed E-state index contributed by atoms with van der Waals surface area (Å²) in [5, 5.41) is 26.4. The van der Waals surface area contributed by atoms with Gasteiger partial charge < -0.3 is 34.7 Å². The summed E-state index contributed by atoms with van der Waals surface area (Å²) in [4.78, 5) is 83.2. The topological polar surface area (TPSA) is 282 Å². The highest BCUT2D eigenvalue weighted by Gasteiger charge is 2.47. The fourth-order valence-electron chi connectivity index (χ4n) is 4.68. The molecule has 0 bridgehead atoms. The Labute approximate surface area is 270 Å². The zero-order valence-electron chi connectivity index (χ0n) is 26.3. The molecule has 3 aromatic rings. The first-order valence-electron chi connectivity index (χ1n) is 14.0. The Morgan fingerprint density at radius 2 is 1.56 bits per heavy atom. The third kappa shape index (κ3) is 9.05. The Bertz CT molecular complexity index is 1700. The minimum absolute atomic E-state index is 0.0184. The highest BCUT2D eigenvalue weighted by Crippen LogP contribution is 2.35. The molecule has 48 heavy (non-hydrogen) atoms. The molecular formula is C27H32N8O13. The van der Waals surface area contributed by atoms with Gasteiger partial charge in [-0.15, -0.1) is 0 Å². The second-order valence-electron chi connectivity index (χ2n) is 9.91. The van der Waals surface area contributed by atoms with Gasteiger partial charge in [-0.05, 0) is 13.0 Å². The van der Waals surface area contributed by atoms with Crippen LogP contribution in [0.15, 0.2) is 30.9 Å². The normalized spacial score (nSPS) is 14.1. The number of benzene rings is 1. The van der Waals surface area contributed by atoms with E-state index >= 15 is 0 Å². The van der Waals surface area contributed by atoms with Crippen molar-refractivity contribution in [2.75, 3.05) is 24.3 Å². The highest BCUT2D eigenvalue weighted by atomic mass is 16.6. The number of anilines is 2. The van der Waals surface area contributed by atoms with Gasteiger partial charge in [0.1, 0.15) is 30.2 Å². The van der Waals surface area contributed by atoms with Crippen molar-refractivity contribution in [3.8, 4) is 0 Å². The molecule has 2 aromatic heterocycles. The number of non-ortho nitro benzene ring substituents is 1. The summed E-state index contributed by atoms with van der Waals surface area (Å²) in [5.41, 5.74) is 4.48. The minimum Gasteiger partial charge on any atom is -0.462 e. The first-order valence-corrected chi connectivity index (χ1v) is 14.0. The number of ether oxygens (including phenoxy) is 5. The molecule has 0 spiro atoms. The number of carbonyl (C=O) groups excluding carboxylic acids is 4. The number of carbonyl (C=O) groups is 4. The number of aromatic nitrogens is 4. The molecule has 2 heterocycles. The molecule has 21 nitrogen and oxygen atoms in total. The summed E-state index contributed by atoms with van der Waals surface area (Å²) in [6, 6.07) is 1.15. The standard InChI is InChI=1S/C27H32N8O13/c1-6-44-27(33-12-31-22-25(28)29-11-30-26(22)33)21(32-18-8-7-17(34(40)41)9-19(18)35(42)43)24(48-16(5)39)23(47-15(4)38)20(46-14(3)37)10-45-13(2)36/h7-9,11-12,20-21,23-24,27,32H,6,10H2,1-5H3,(H2,28,29,30). The lowest BCUT2D eigenvalue weighted by atomic mass is 9.97. The minimum atomic E-state index is -1.78. The van der Waals surface area contributed by atoms with Crippen LogP contribution in [0.1, 0.15) is 40.8 Å². The van der Waals surface area contributed by atoms with E-state index in [1.54, 1.807) is 6.92 Å². The van der Waals surface area contributed by atoms with Crippen LogP contribution >= 0.6 is 0 Å². The molecule has 0 aliphatic heterocycles. The number of imidazole rings is 1. The first kappa shape index (κ1) is 36.5. The van der Waals surface area contributed by atoms with Crippen molar-refractivity contribution in [2.24, 2.45) is 0 Å². The van der Waals surface area contributed by atoms with Gasteiger partial charge in [-0.1, -0.05) is 0 Å². The third-order valence-electron chi connectivity index (χ3n) is 6.43. The molecule has 0 saturated carbocycles. The second kappa shape index (κ2) is 16.0. The quantitative estimate of drug-likeness (QED) is 0.0942. The summed E-state index contributed by atoms with van der Waals surface area (Å²) in [5.74, 6) is -3.65. The zero-order valence-corrected chi connectivity index (χ0v) is 26.3. The average Bonchev–Trinajstić information content (AvgIpc) is 3.43. The fraction of sp³-hybridized carbons (Fsp3) is 0.444. The van der Waals surface area contributed by atoms with E-state index in [9.17, 15) is 39.4 Å². The monoisotopic (exact) mass is 676 g/mol. The van der Waals surface area contributed by atoms with Crippen molar-refractivity contribution in [3.05, 3.63) is 51.1 Å². The number of nitrogens with zero attached hydrogens (tertiary/aromatic N) is 6. The number of nitrogen functional groups attached to an aromatic ring is 1. The predicted octanol–water partition coefficient (Wildman–Crippen LogP) is 1.60. The van der Waals surface area contributed by atoms with Crippen molar-refractivity contribution in [1.82, 2.24) is 19.5 Å². The van der Waals surface area contributed by atoms with Gasteiger partial charge in [0, 0.05) is 40.4 Å². The van der Waals surface area contributed by atoms with Crippen LogP contribution in [-0.2, 0) is 42.9 Å². The van der Waals surface area contributed by atoms with E-state index < -0.39 is 82.3 Å². The number of fused-ring (bicyclic) bond motifs is 1. The largest absolute Gasteiger partial charge is 0.462 e. The molecule has 0 amide bonds. The van der Waals surface area contributed by atoms with Crippen LogP contribution in [0.5, 0.6) is 0 Å². The molecule has 3 rings (SSSR count). The molecule has 5 unspecified atom stereocenters. The lowest BCUT2D eigenvalue weighted by Crippen LogP contribution is -2.56. The van der Waals surface area contributed by atoms with Gasteiger partial charge in [0.25, 0.3) is 11.4 Å². The Morgan fingerprint density at radius 1 is 0.917 bits per heavy atom. The summed E-state index contributed by atoms with van der Waals surface area (Å²) in [6.07, 6.45) is -4.23. The number of nitro benzene ring substituents is 2. The molecule has 0 saturated heterocycles. The zero-order chi connectivity index (χ0) is 35.7. The van der Waals surface area contributed by atoms with E-state index in [-0.39, 0.29) is 29.3 Å². The van der Waals surface area contributed by atoms with Crippen LogP contribution in [0.3, 0.4) is 0 Å². The van der Waals surface area contributed by atoms with Crippen LogP contribution in [-0.4, -0.2) is 90.8 Å². The predicted molar refractivity (Wildman–Crippen MR) is 161 cm³/mol. The van der Waals surface area contributed by atoms with Crippen LogP contribution in [0, 0.1) is 20.2 Å². The molecule has 1 aromatic carbocycles. The first-order chi connectivity index (χ1) is 22.6. The van der Waals surface area contributed by atoms with Crippen LogP contribution in [0.2, 0.25) is 0 Å². The molecule has 0 aliphatic carbocycles. The van der Waals surface area contributed by atoms with E-state index in [1.165, 1.54) is 10.9 Å². The summed E-state index contributed by atoms with van der Waals surface area (Å²) in [7, 11) is 0. The van der Waals surface area contributed by atoms with Gasteiger partial charge in [0.2, 0.25) is 0 Å². The molecular weight excluding hydrogens is 644 g/mol.